The lowest BCUT2D eigenvalue weighted by atomic mass is 10.1. The molecule has 0 aromatic heterocycles. The average molecular weight is 429 g/mol. The van der Waals surface area contributed by atoms with Crippen molar-refractivity contribution in [1.29, 1.82) is 0 Å². The van der Waals surface area contributed by atoms with Crippen molar-refractivity contribution in [3.8, 4) is 23.0 Å². The summed E-state index contributed by atoms with van der Waals surface area (Å²) in [6.07, 6.45) is 4.78. The zero-order valence-corrected chi connectivity index (χ0v) is 18.3. The highest BCUT2D eigenvalue weighted by atomic mass is 32.1. The van der Waals surface area contributed by atoms with Gasteiger partial charge in [-0.3, -0.25) is 0 Å². The van der Waals surface area contributed by atoms with Crippen LogP contribution in [-0.4, -0.2) is 37.1 Å². The number of benzene rings is 2. The van der Waals surface area contributed by atoms with Gasteiger partial charge in [0, 0.05) is 24.7 Å². The molecule has 0 amide bonds. The fraction of sp³-hybridized carbons (Fsp3) is 0.435. The predicted molar refractivity (Wildman–Crippen MR) is 119 cm³/mol. The SMILES string of the molecule is COc1cccc(CN(C(=S)NCc2ccc3c(c2)OCO3)C2CCCC2)c1OC. The Bertz CT molecular complexity index is 899. The van der Waals surface area contributed by atoms with E-state index in [1.807, 2.05) is 30.3 Å². The molecule has 1 N–H and O–H groups in total. The van der Waals surface area contributed by atoms with Crippen molar-refractivity contribution in [2.75, 3.05) is 21.0 Å². The highest BCUT2D eigenvalue weighted by molar-refractivity contribution is 7.80. The van der Waals surface area contributed by atoms with Gasteiger partial charge in [0.2, 0.25) is 6.79 Å². The van der Waals surface area contributed by atoms with Crippen molar-refractivity contribution in [2.24, 2.45) is 0 Å². The lowest BCUT2D eigenvalue weighted by Gasteiger charge is -2.32. The Kier molecular flexibility index (Phi) is 6.47. The molecule has 1 aliphatic heterocycles. The number of rotatable bonds is 7. The van der Waals surface area contributed by atoms with Gasteiger partial charge in [0.05, 0.1) is 14.2 Å². The van der Waals surface area contributed by atoms with E-state index < -0.39 is 0 Å². The fourth-order valence-electron chi connectivity index (χ4n) is 4.17. The normalized spacial score (nSPS) is 15.1. The van der Waals surface area contributed by atoms with Crippen LogP contribution in [0.1, 0.15) is 36.8 Å². The van der Waals surface area contributed by atoms with Crippen LogP contribution in [0.3, 0.4) is 0 Å². The largest absolute Gasteiger partial charge is 0.493 e. The van der Waals surface area contributed by atoms with Gasteiger partial charge in [-0.15, -0.1) is 0 Å². The molecular formula is C23H28N2O4S. The molecule has 0 bridgehead atoms. The minimum Gasteiger partial charge on any atom is -0.493 e. The van der Waals surface area contributed by atoms with Crippen LogP contribution in [-0.2, 0) is 13.1 Å². The van der Waals surface area contributed by atoms with Crippen molar-refractivity contribution in [3.05, 3.63) is 47.5 Å². The fourth-order valence-corrected chi connectivity index (χ4v) is 4.46. The topological polar surface area (TPSA) is 52.2 Å². The molecule has 2 aliphatic rings. The second-order valence-electron chi connectivity index (χ2n) is 7.57. The van der Waals surface area contributed by atoms with Crippen molar-refractivity contribution < 1.29 is 18.9 Å². The van der Waals surface area contributed by atoms with E-state index in [4.69, 9.17) is 31.2 Å². The number of thiocarbonyl (C=S) groups is 1. The second kappa shape index (κ2) is 9.43. The molecule has 1 heterocycles. The van der Waals surface area contributed by atoms with E-state index in [-0.39, 0.29) is 6.79 Å². The summed E-state index contributed by atoms with van der Waals surface area (Å²) in [5, 5.41) is 4.20. The van der Waals surface area contributed by atoms with Gasteiger partial charge in [-0.1, -0.05) is 31.0 Å². The van der Waals surface area contributed by atoms with Crippen molar-refractivity contribution in [3.63, 3.8) is 0 Å². The molecule has 1 saturated carbocycles. The van der Waals surface area contributed by atoms with Gasteiger partial charge in [0.1, 0.15) is 0 Å². The maximum absolute atomic E-state index is 5.84. The van der Waals surface area contributed by atoms with Gasteiger partial charge in [0.15, 0.2) is 28.1 Å². The van der Waals surface area contributed by atoms with Crippen molar-refractivity contribution in [2.45, 2.75) is 44.8 Å². The monoisotopic (exact) mass is 428 g/mol. The van der Waals surface area contributed by atoms with Gasteiger partial charge in [-0.25, -0.2) is 0 Å². The highest BCUT2D eigenvalue weighted by Crippen LogP contribution is 2.34. The van der Waals surface area contributed by atoms with E-state index >= 15 is 0 Å². The van der Waals surface area contributed by atoms with Gasteiger partial charge in [-0.05, 0) is 48.8 Å². The molecule has 0 spiro atoms. The van der Waals surface area contributed by atoms with E-state index in [2.05, 4.69) is 16.3 Å². The summed E-state index contributed by atoms with van der Waals surface area (Å²) in [4.78, 5) is 2.30. The van der Waals surface area contributed by atoms with Crippen LogP contribution < -0.4 is 24.3 Å². The first-order chi connectivity index (χ1) is 14.7. The number of nitrogens with one attached hydrogen (secondary N) is 1. The third kappa shape index (κ3) is 4.41. The molecule has 30 heavy (non-hydrogen) atoms. The molecule has 0 unspecified atom stereocenters. The zero-order valence-electron chi connectivity index (χ0n) is 17.5. The quantitative estimate of drug-likeness (QED) is 0.662. The Hall–Kier alpha value is -2.67. The number of methoxy groups -OCH3 is 2. The van der Waals surface area contributed by atoms with E-state index in [1.165, 1.54) is 12.8 Å². The third-order valence-electron chi connectivity index (χ3n) is 5.73. The summed E-state index contributed by atoms with van der Waals surface area (Å²) in [6, 6.07) is 12.4. The van der Waals surface area contributed by atoms with Crippen LogP contribution >= 0.6 is 12.2 Å². The van der Waals surface area contributed by atoms with Gasteiger partial charge >= 0.3 is 0 Å². The molecule has 0 saturated heterocycles. The van der Waals surface area contributed by atoms with Crippen molar-refractivity contribution >= 4 is 17.3 Å². The number of nitrogens with zero attached hydrogens (tertiary/aromatic N) is 1. The molecule has 2 aromatic rings. The van der Waals surface area contributed by atoms with Crippen LogP contribution in [0.25, 0.3) is 0 Å². The summed E-state index contributed by atoms with van der Waals surface area (Å²) >= 11 is 5.84. The Morgan fingerprint density at radius 1 is 1.10 bits per heavy atom. The van der Waals surface area contributed by atoms with Crippen LogP contribution in [0.15, 0.2) is 36.4 Å². The van der Waals surface area contributed by atoms with E-state index in [0.717, 1.165) is 52.1 Å². The maximum Gasteiger partial charge on any atom is 0.231 e. The Morgan fingerprint density at radius 3 is 2.67 bits per heavy atom. The number of ether oxygens (including phenoxy) is 4. The molecule has 6 nitrogen and oxygen atoms in total. The predicted octanol–water partition coefficient (Wildman–Crippen LogP) is 4.25. The number of hydrogen-bond acceptors (Lipinski definition) is 5. The lowest BCUT2D eigenvalue weighted by Crippen LogP contribution is -2.44. The standard InChI is InChI=1S/C23H28N2O4S/c1-26-20-9-5-6-17(22(20)27-2)14-25(18-7-3-4-8-18)23(30)24-13-16-10-11-19-21(12-16)29-15-28-19/h5-6,9-12,18H,3-4,7-8,13-15H2,1-2H3,(H,24,30). The first kappa shape index (κ1) is 20.6. The Balaban J connectivity index is 1.49. The molecular weight excluding hydrogens is 400 g/mol. The van der Waals surface area contributed by atoms with Crippen LogP contribution in [0.5, 0.6) is 23.0 Å². The van der Waals surface area contributed by atoms with Gasteiger partial charge < -0.3 is 29.2 Å². The number of para-hydroxylation sites is 1. The zero-order chi connectivity index (χ0) is 20.9. The summed E-state index contributed by atoms with van der Waals surface area (Å²) in [7, 11) is 3.34. The van der Waals surface area contributed by atoms with Crippen LogP contribution in [0, 0.1) is 0 Å². The van der Waals surface area contributed by atoms with E-state index in [1.54, 1.807) is 14.2 Å². The number of fused-ring (bicyclic) bond motifs is 1. The lowest BCUT2D eigenvalue weighted by molar-refractivity contribution is 0.174. The average Bonchev–Trinajstić information content (AvgIpc) is 3.47. The van der Waals surface area contributed by atoms with Gasteiger partial charge in [-0.2, -0.15) is 0 Å². The number of hydrogen-bond donors (Lipinski definition) is 1. The third-order valence-corrected chi connectivity index (χ3v) is 6.11. The Labute approximate surface area is 183 Å². The highest BCUT2D eigenvalue weighted by Gasteiger charge is 2.26. The van der Waals surface area contributed by atoms with E-state index in [9.17, 15) is 0 Å². The smallest absolute Gasteiger partial charge is 0.231 e. The molecule has 0 atom stereocenters. The molecule has 2 aromatic carbocycles. The minimum absolute atomic E-state index is 0.280. The van der Waals surface area contributed by atoms with Crippen LogP contribution in [0.2, 0.25) is 0 Å². The first-order valence-corrected chi connectivity index (χ1v) is 10.7. The van der Waals surface area contributed by atoms with Crippen LogP contribution in [0.4, 0.5) is 0 Å². The Morgan fingerprint density at radius 2 is 1.90 bits per heavy atom. The molecule has 1 fully saturated rings. The molecule has 4 rings (SSSR count). The summed E-state index contributed by atoms with van der Waals surface area (Å²) in [5.74, 6) is 3.08. The van der Waals surface area contributed by atoms with E-state index in [0.29, 0.717) is 19.1 Å². The van der Waals surface area contributed by atoms with Crippen molar-refractivity contribution in [1.82, 2.24) is 10.2 Å². The summed E-state index contributed by atoms with van der Waals surface area (Å²) in [6.45, 7) is 1.59. The first-order valence-electron chi connectivity index (χ1n) is 10.3. The maximum atomic E-state index is 5.84. The summed E-state index contributed by atoms with van der Waals surface area (Å²) < 4.78 is 22.0. The minimum atomic E-state index is 0.280. The second-order valence-corrected chi connectivity index (χ2v) is 7.95. The molecule has 0 radical (unpaired) electrons. The summed E-state index contributed by atoms with van der Waals surface area (Å²) in [5.41, 5.74) is 2.17. The van der Waals surface area contributed by atoms with Gasteiger partial charge in [0.25, 0.3) is 0 Å². The molecule has 7 heteroatoms. The molecule has 160 valence electrons. The molecule has 1 aliphatic carbocycles.